The predicted octanol–water partition coefficient (Wildman–Crippen LogP) is 1.47. The van der Waals surface area contributed by atoms with Crippen LogP contribution in [0.3, 0.4) is 0 Å². The smallest absolute Gasteiger partial charge is 0.270 e. The van der Waals surface area contributed by atoms with Gasteiger partial charge in [-0.1, -0.05) is 0 Å². The van der Waals surface area contributed by atoms with Crippen LogP contribution in [-0.2, 0) is 9.53 Å². The summed E-state index contributed by atoms with van der Waals surface area (Å²) in [5.41, 5.74) is 1.22. The third-order valence-corrected chi connectivity index (χ3v) is 6.63. The van der Waals surface area contributed by atoms with Gasteiger partial charge in [-0.3, -0.25) is 15.0 Å². The Balaban J connectivity index is 1.34. The lowest BCUT2D eigenvalue weighted by Gasteiger charge is -2.58. The molecule has 1 aromatic heterocycles. The number of carbonyl (C=O) groups is 2. The van der Waals surface area contributed by atoms with Crippen molar-refractivity contribution in [2.24, 2.45) is 11.8 Å². The number of amidine groups is 1. The van der Waals surface area contributed by atoms with Crippen molar-refractivity contribution in [3.05, 3.63) is 17.8 Å². The Kier molecular flexibility index (Phi) is 5.08. The number of pyridine rings is 1. The Morgan fingerprint density at radius 3 is 2.65 bits per heavy atom. The molecule has 2 saturated heterocycles. The Hall–Kier alpha value is -2.68. The highest BCUT2D eigenvalue weighted by molar-refractivity contribution is 6.02. The molecule has 166 valence electrons. The summed E-state index contributed by atoms with van der Waals surface area (Å²) in [5, 5.41) is 13.5. The highest BCUT2D eigenvalue weighted by Gasteiger charge is 2.51. The van der Waals surface area contributed by atoms with E-state index in [0.29, 0.717) is 31.6 Å². The molecule has 0 radical (unpaired) electrons. The first-order valence-electron chi connectivity index (χ1n) is 11.1. The van der Waals surface area contributed by atoms with E-state index in [1.54, 1.807) is 6.07 Å². The summed E-state index contributed by atoms with van der Waals surface area (Å²) in [4.78, 5) is 31.2. The molecule has 2 aliphatic heterocycles. The van der Waals surface area contributed by atoms with Crippen molar-refractivity contribution < 1.29 is 19.1 Å². The second-order valence-electron chi connectivity index (χ2n) is 9.28. The summed E-state index contributed by atoms with van der Waals surface area (Å²) < 4.78 is 11.5. The SMILES string of the molecule is CC(=O)NC(=N)C(NC(=O)c1ccc(N2CCC23COC3)c(OCC2CC2)n1)C1CC1. The van der Waals surface area contributed by atoms with Crippen LogP contribution in [0.2, 0.25) is 0 Å². The van der Waals surface area contributed by atoms with Gasteiger partial charge in [-0.05, 0) is 56.1 Å². The minimum Gasteiger partial charge on any atom is -0.476 e. The minimum atomic E-state index is -0.514. The summed E-state index contributed by atoms with van der Waals surface area (Å²) in [7, 11) is 0. The lowest BCUT2D eigenvalue weighted by Crippen LogP contribution is -2.71. The van der Waals surface area contributed by atoms with E-state index in [9.17, 15) is 9.59 Å². The lowest BCUT2D eigenvalue weighted by atomic mass is 9.82. The molecule has 2 saturated carbocycles. The van der Waals surface area contributed by atoms with Gasteiger partial charge >= 0.3 is 0 Å². The molecule has 2 amide bonds. The van der Waals surface area contributed by atoms with E-state index in [1.807, 2.05) is 6.07 Å². The highest BCUT2D eigenvalue weighted by atomic mass is 16.5. The van der Waals surface area contributed by atoms with Crippen molar-refractivity contribution in [1.29, 1.82) is 5.41 Å². The summed E-state index contributed by atoms with van der Waals surface area (Å²) in [6.07, 6.45) is 5.28. The van der Waals surface area contributed by atoms with Crippen LogP contribution in [0.25, 0.3) is 0 Å². The molecule has 4 aliphatic rings. The van der Waals surface area contributed by atoms with Gasteiger partial charge in [0.1, 0.15) is 17.2 Å². The van der Waals surface area contributed by atoms with E-state index < -0.39 is 6.04 Å². The van der Waals surface area contributed by atoms with Gasteiger partial charge in [0.25, 0.3) is 5.91 Å². The molecule has 0 bridgehead atoms. The summed E-state index contributed by atoms with van der Waals surface area (Å²) in [6.45, 7) is 4.32. The van der Waals surface area contributed by atoms with Crippen LogP contribution in [0.5, 0.6) is 5.88 Å². The number of nitrogens with one attached hydrogen (secondary N) is 3. The molecule has 4 fully saturated rings. The minimum absolute atomic E-state index is 0.0256. The number of ether oxygens (including phenoxy) is 2. The van der Waals surface area contributed by atoms with Gasteiger partial charge < -0.3 is 25.0 Å². The van der Waals surface area contributed by atoms with Crippen molar-refractivity contribution in [1.82, 2.24) is 15.6 Å². The van der Waals surface area contributed by atoms with E-state index in [4.69, 9.17) is 14.9 Å². The molecular formula is C22H29N5O4. The van der Waals surface area contributed by atoms with Crippen LogP contribution in [0.4, 0.5) is 5.69 Å². The number of amides is 2. The Morgan fingerprint density at radius 2 is 2.10 bits per heavy atom. The van der Waals surface area contributed by atoms with Crippen LogP contribution in [0.1, 0.15) is 49.5 Å². The predicted molar refractivity (Wildman–Crippen MR) is 113 cm³/mol. The molecule has 3 N–H and O–H groups in total. The fourth-order valence-corrected chi connectivity index (χ4v) is 4.24. The van der Waals surface area contributed by atoms with Crippen molar-refractivity contribution in [2.45, 2.75) is 50.6 Å². The average molecular weight is 428 g/mol. The third kappa shape index (κ3) is 4.11. The van der Waals surface area contributed by atoms with Crippen molar-refractivity contribution in [3.63, 3.8) is 0 Å². The van der Waals surface area contributed by atoms with Crippen molar-refractivity contribution in [2.75, 3.05) is 31.3 Å². The fourth-order valence-electron chi connectivity index (χ4n) is 4.24. The van der Waals surface area contributed by atoms with E-state index >= 15 is 0 Å². The normalized spacial score (nSPS) is 22.2. The van der Waals surface area contributed by atoms with Gasteiger partial charge in [-0.25, -0.2) is 4.98 Å². The fraction of sp³-hybridized carbons (Fsp3) is 0.636. The topological polar surface area (TPSA) is 117 Å². The van der Waals surface area contributed by atoms with Crippen LogP contribution in [0, 0.1) is 17.2 Å². The molecule has 1 unspecified atom stereocenters. The van der Waals surface area contributed by atoms with Crippen molar-refractivity contribution in [3.8, 4) is 5.88 Å². The van der Waals surface area contributed by atoms with Gasteiger partial charge in [0.15, 0.2) is 0 Å². The molecule has 5 rings (SSSR count). The number of hydrogen-bond donors (Lipinski definition) is 3. The van der Waals surface area contributed by atoms with E-state index in [-0.39, 0.29) is 34.8 Å². The molecule has 9 nitrogen and oxygen atoms in total. The Bertz CT molecular complexity index is 902. The molecule has 2 aliphatic carbocycles. The maximum Gasteiger partial charge on any atom is 0.270 e. The second kappa shape index (κ2) is 7.78. The first-order chi connectivity index (χ1) is 14.9. The number of rotatable bonds is 8. The van der Waals surface area contributed by atoms with Gasteiger partial charge in [0.2, 0.25) is 11.8 Å². The Labute approximate surface area is 181 Å². The first-order valence-corrected chi connectivity index (χ1v) is 11.1. The third-order valence-electron chi connectivity index (χ3n) is 6.63. The number of anilines is 1. The molecule has 0 aromatic carbocycles. The number of nitrogens with zero attached hydrogens (tertiary/aromatic N) is 2. The summed E-state index contributed by atoms with van der Waals surface area (Å²) in [5.74, 6) is 0.587. The molecule has 1 spiro atoms. The number of aromatic nitrogens is 1. The Morgan fingerprint density at radius 1 is 1.32 bits per heavy atom. The average Bonchev–Trinajstić information content (AvgIpc) is 3.57. The van der Waals surface area contributed by atoms with Gasteiger partial charge in [0.05, 0.1) is 31.4 Å². The first kappa shape index (κ1) is 20.2. The van der Waals surface area contributed by atoms with E-state index in [0.717, 1.165) is 31.5 Å². The maximum absolute atomic E-state index is 13.0. The molecule has 3 heterocycles. The number of hydrogen-bond acceptors (Lipinski definition) is 7. The van der Waals surface area contributed by atoms with Gasteiger partial charge in [0, 0.05) is 13.5 Å². The molecule has 9 heteroatoms. The summed E-state index contributed by atoms with van der Waals surface area (Å²) >= 11 is 0. The van der Waals surface area contributed by atoms with Crippen LogP contribution in [0.15, 0.2) is 12.1 Å². The zero-order valence-corrected chi connectivity index (χ0v) is 17.8. The zero-order chi connectivity index (χ0) is 21.6. The maximum atomic E-state index is 13.0. The van der Waals surface area contributed by atoms with E-state index in [2.05, 4.69) is 20.5 Å². The molecule has 1 atom stereocenters. The standard InChI is InChI=1S/C22H29N5O4/c1-13(28)24-19(23)18(15-4-5-15)26-20(29)16-6-7-17(21(25-16)31-10-14-2-3-14)27-9-8-22(27)11-30-12-22/h6-7,14-15,18H,2-5,8-12H2,1H3,(H,26,29)(H2,23,24,28). The van der Waals surface area contributed by atoms with E-state index in [1.165, 1.54) is 19.8 Å². The van der Waals surface area contributed by atoms with Crippen molar-refractivity contribution >= 4 is 23.3 Å². The molecular weight excluding hydrogens is 398 g/mol. The highest BCUT2D eigenvalue weighted by Crippen LogP contribution is 2.44. The molecule has 31 heavy (non-hydrogen) atoms. The zero-order valence-electron chi connectivity index (χ0n) is 17.8. The van der Waals surface area contributed by atoms with Gasteiger partial charge in [-0.2, -0.15) is 0 Å². The monoisotopic (exact) mass is 427 g/mol. The summed E-state index contributed by atoms with van der Waals surface area (Å²) in [6, 6.07) is 3.11. The quantitative estimate of drug-likeness (QED) is 0.427. The van der Waals surface area contributed by atoms with Crippen LogP contribution < -0.4 is 20.3 Å². The van der Waals surface area contributed by atoms with Crippen LogP contribution in [-0.4, -0.2) is 60.6 Å². The molecule has 1 aromatic rings. The van der Waals surface area contributed by atoms with Gasteiger partial charge in [-0.15, -0.1) is 0 Å². The lowest BCUT2D eigenvalue weighted by molar-refractivity contribution is -0.117. The second-order valence-corrected chi connectivity index (χ2v) is 9.28. The van der Waals surface area contributed by atoms with Crippen LogP contribution >= 0.6 is 0 Å². The largest absolute Gasteiger partial charge is 0.476 e. The number of carbonyl (C=O) groups excluding carboxylic acids is 2.